The van der Waals surface area contributed by atoms with Crippen LogP contribution < -0.4 is 10.2 Å². The van der Waals surface area contributed by atoms with Crippen molar-refractivity contribution >= 4 is 46.9 Å². The summed E-state index contributed by atoms with van der Waals surface area (Å²) < 4.78 is 10.2. The van der Waals surface area contributed by atoms with Crippen LogP contribution in [0.4, 0.5) is 0 Å². The van der Waals surface area contributed by atoms with E-state index in [4.69, 9.17) is 44.0 Å². The van der Waals surface area contributed by atoms with Gasteiger partial charge < -0.3 is 9.15 Å². The second-order valence-electron chi connectivity index (χ2n) is 3.79. The Balaban J connectivity index is 1.85. The summed E-state index contributed by atoms with van der Waals surface area (Å²) in [6.45, 7) is -0.271. The topological polar surface area (TPSA) is 63.8 Å². The van der Waals surface area contributed by atoms with Gasteiger partial charge >= 0.3 is 0 Å². The van der Waals surface area contributed by atoms with E-state index in [1.807, 2.05) is 0 Å². The molecule has 0 spiro atoms. The molecule has 2 rings (SSSR count). The Hall–Kier alpha value is -1.69. The van der Waals surface area contributed by atoms with Gasteiger partial charge in [-0.15, -0.1) is 0 Å². The van der Waals surface area contributed by atoms with E-state index >= 15 is 0 Å². The van der Waals surface area contributed by atoms with Gasteiger partial charge in [-0.05, 0) is 18.2 Å². The molecule has 1 heterocycles. The molecule has 110 valence electrons. The number of furan rings is 1. The predicted octanol–water partition coefficient (Wildman–Crippen LogP) is 3.77. The zero-order valence-electron chi connectivity index (χ0n) is 10.5. The van der Waals surface area contributed by atoms with Crippen molar-refractivity contribution in [3.05, 3.63) is 51.4 Å². The molecule has 1 amide bonds. The Labute approximate surface area is 135 Å². The molecular formula is C13H9Cl3N2O3. The smallest absolute Gasteiger partial charge is 0.277 e. The average molecular weight is 348 g/mol. The van der Waals surface area contributed by atoms with Gasteiger partial charge in [-0.2, -0.15) is 5.10 Å². The lowest BCUT2D eigenvalue weighted by atomic mass is 10.3. The Morgan fingerprint density at radius 1 is 1.29 bits per heavy atom. The predicted molar refractivity (Wildman–Crippen MR) is 81.4 cm³/mol. The number of rotatable bonds is 5. The van der Waals surface area contributed by atoms with E-state index in [2.05, 4.69) is 10.5 Å². The first-order valence-corrected chi connectivity index (χ1v) is 6.82. The standard InChI is InChI=1S/C13H9Cl3N2O3/c14-9-4-11(16)12(5-10(9)15)21-7-13(19)18-17-6-8-2-1-3-20-8/h1-6H,7H2,(H,18,19). The van der Waals surface area contributed by atoms with Crippen molar-refractivity contribution in [1.82, 2.24) is 5.43 Å². The molecule has 0 unspecified atom stereocenters. The lowest BCUT2D eigenvalue weighted by Gasteiger charge is -2.08. The number of ether oxygens (including phenoxy) is 1. The lowest BCUT2D eigenvalue weighted by molar-refractivity contribution is -0.123. The molecule has 5 nitrogen and oxygen atoms in total. The number of halogens is 3. The van der Waals surface area contributed by atoms with Crippen LogP contribution in [0.2, 0.25) is 15.1 Å². The van der Waals surface area contributed by atoms with Crippen molar-refractivity contribution in [2.45, 2.75) is 0 Å². The molecule has 0 aliphatic rings. The van der Waals surface area contributed by atoms with Crippen LogP contribution in [0.15, 0.2) is 40.0 Å². The monoisotopic (exact) mass is 346 g/mol. The number of carbonyl (C=O) groups is 1. The van der Waals surface area contributed by atoms with Gasteiger partial charge in [0.15, 0.2) is 6.61 Å². The second-order valence-corrected chi connectivity index (χ2v) is 5.02. The number of nitrogens with one attached hydrogen (secondary N) is 1. The minimum atomic E-state index is -0.458. The first kappa shape index (κ1) is 15.7. The highest BCUT2D eigenvalue weighted by Gasteiger charge is 2.09. The van der Waals surface area contributed by atoms with Crippen molar-refractivity contribution in [2.24, 2.45) is 5.10 Å². The average Bonchev–Trinajstić information content (AvgIpc) is 2.94. The third-order valence-corrected chi connectivity index (χ3v) is 3.28. The molecule has 1 N–H and O–H groups in total. The van der Waals surface area contributed by atoms with Gasteiger partial charge in [-0.1, -0.05) is 34.8 Å². The largest absolute Gasteiger partial charge is 0.482 e. The van der Waals surface area contributed by atoms with E-state index in [1.54, 1.807) is 12.1 Å². The lowest BCUT2D eigenvalue weighted by Crippen LogP contribution is -2.24. The molecule has 0 fully saturated rings. The van der Waals surface area contributed by atoms with Crippen molar-refractivity contribution in [3.63, 3.8) is 0 Å². The maximum Gasteiger partial charge on any atom is 0.277 e. The number of nitrogens with zero attached hydrogens (tertiary/aromatic N) is 1. The molecule has 0 aliphatic carbocycles. The summed E-state index contributed by atoms with van der Waals surface area (Å²) in [4.78, 5) is 11.5. The van der Waals surface area contributed by atoms with Crippen LogP contribution in [0.25, 0.3) is 0 Å². The zero-order valence-corrected chi connectivity index (χ0v) is 12.7. The molecule has 0 saturated carbocycles. The molecule has 0 atom stereocenters. The van der Waals surface area contributed by atoms with E-state index in [-0.39, 0.29) is 22.4 Å². The summed E-state index contributed by atoms with van der Waals surface area (Å²) >= 11 is 17.5. The van der Waals surface area contributed by atoms with E-state index in [0.717, 1.165) is 0 Å². The van der Waals surface area contributed by atoms with Crippen LogP contribution in [0.5, 0.6) is 5.75 Å². The van der Waals surface area contributed by atoms with Crippen LogP contribution in [-0.2, 0) is 4.79 Å². The summed E-state index contributed by atoms with van der Waals surface area (Å²) in [6, 6.07) is 6.28. The highest BCUT2D eigenvalue weighted by atomic mass is 35.5. The number of hydrogen-bond donors (Lipinski definition) is 1. The van der Waals surface area contributed by atoms with Crippen LogP contribution in [0.1, 0.15) is 5.76 Å². The van der Waals surface area contributed by atoms with Gasteiger partial charge in [-0.25, -0.2) is 5.43 Å². The zero-order chi connectivity index (χ0) is 15.2. The fraction of sp³-hybridized carbons (Fsp3) is 0.0769. The first-order chi connectivity index (χ1) is 10.1. The van der Waals surface area contributed by atoms with Gasteiger partial charge in [0, 0.05) is 6.07 Å². The molecule has 0 aliphatic heterocycles. The first-order valence-electron chi connectivity index (χ1n) is 5.69. The Bertz CT molecular complexity index is 657. The van der Waals surface area contributed by atoms with E-state index in [9.17, 15) is 4.79 Å². The third kappa shape index (κ3) is 4.67. The maximum atomic E-state index is 11.5. The fourth-order valence-electron chi connectivity index (χ4n) is 1.32. The molecule has 2 aromatic rings. The maximum absolute atomic E-state index is 11.5. The van der Waals surface area contributed by atoms with Gasteiger partial charge in [0.2, 0.25) is 0 Å². The minimum absolute atomic E-state index is 0.260. The van der Waals surface area contributed by atoms with Gasteiger partial charge in [-0.3, -0.25) is 4.79 Å². The molecular weight excluding hydrogens is 339 g/mol. The molecule has 1 aromatic carbocycles. The highest BCUT2D eigenvalue weighted by molar-refractivity contribution is 6.43. The Kier molecular flexibility index (Phi) is 5.50. The number of hydrazone groups is 1. The quantitative estimate of drug-likeness (QED) is 0.509. The molecule has 0 bridgehead atoms. The molecule has 0 radical (unpaired) electrons. The Morgan fingerprint density at radius 3 is 2.76 bits per heavy atom. The van der Waals surface area contributed by atoms with Crippen molar-refractivity contribution in [1.29, 1.82) is 0 Å². The van der Waals surface area contributed by atoms with Gasteiger partial charge in [0.25, 0.3) is 5.91 Å². The molecule has 1 aromatic heterocycles. The van der Waals surface area contributed by atoms with Gasteiger partial charge in [0.05, 0.1) is 27.5 Å². The van der Waals surface area contributed by atoms with Crippen molar-refractivity contribution < 1.29 is 13.9 Å². The van der Waals surface area contributed by atoms with Gasteiger partial charge in [0.1, 0.15) is 11.5 Å². The summed E-state index contributed by atoms with van der Waals surface area (Å²) in [7, 11) is 0. The summed E-state index contributed by atoms with van der Waals surface area (Å²) in [5.74, 6) is 0.319. The fourth-order valence-corrected chi connectivity index (χ4v) is 1.91. The SMILES string of the molecule is O=C(COc1cc(Cl)c(Cl)cc1Cl)NN=Cc1ccco1. The van der Waals surface area contributed by atoms with Crippen LogP contribution in [0.3, 0.4) is 0 Å². The molecule has 0 saturated heterocycles. The number of carbonyl (C=O) groups excluding carboxylic acids is 1. The number of hydrogen-bond acceptors (Lipinski definition) is 4. The second kappa shape index (κ2) is 7.36. The van der Waals surface area contributed by atoms with E-state index in [0.29, 0.717) is 10.8 Å². The molecule has 8 heteroatoms. The summed E-state index contributed by atoms with van der Waals surface area (Å²) in [5.41, 5.74) is 2.28. The molecule has 21 heavy (non-hydrogen) atoms. The normalized spacial score (nSPS) is 10.8. The van der Waals surface area contributed by atoms with E-state index < -0.39 is 5.91 Å². The minimum Gasteiger partial charge on any atom is -0.482 e. The number of benzene rings is 1. The summed E-state index contributed by atoms with van der Waals surface area (Å²) in [6.07, 6.45) is 2.86. The van der Waals surface area contributed by atoms with Crippen LogP contribution in [-0.4, -0.2) is 18.7 Å². The number of amides is 1. The third-order valence-electron chi connectivity index (χ3n) is 2.26. The van der Waals surface area contributed by atoms with Crippen LogP contribution in [0, 0.1) is 0 Å². The van der Waals surface area contributed by atoms with E-state index in [1.165, 1.54) is 24.6 Å². The summed E-state index contributed by atoms with van der Waals surface area (Å²) in [5, 5.41) is 4.55. The van der Waals surface area contributed by atoms with Crippen molar-refractivity contribution in [2.75, 3.05) is 6.61 Å². The van der Waals surface area contributed by atoms with Crippen LogP contribution >= 0.6 is 34.8 Å². The van der Waals surface area contributed by atoms with Crippen molar-refractivity contribution in [3.8, 4) is 5.75 Å². The highest BCUT2D eigenvalue weighted by Crippen LogP contribution is 2.33. The Morgan fingerprint density at radius 2 is 2.05 bits per heavy atom.